The summed E-state index contributed by atoms with van der Waals surface area (Å²) in [6.45, 7) is 4.12. The summed E-state index contributed by atoms with van der Waals surface area (Å²) in [6.07, 6.45) is 82.5. The van der Waals surface area contributed by atoms with Crippen LogP contribution >= 0.6 is 0 Å². The summed E-state index contributed by atoms with van der Waals surface area (Å²) in [7, 11) is 0. The average Bonchev–Trinajstić information content (AvgIpc) is 3.45. The van der Waals surface area contributed by atoms with Gasteiger partial charge in [0.25, 0.3) is 0 Å². The van der Waals surface area contributed by atoms with Crippen molar-refractivity contribution in [1.29, 1.82) is 0 Å². The smallest absolute Gasteiger partial charge is 0.249 e. The second-order valence-electron chi connectivity index (χ2n) is 25.7. The largest absolute Gasteiger partial charge is 0.394 e. The Morgan fingerprint density at radius 1 is 0.269 bits per heavy atom. The highest BCUT2D eigenvalue weighted by molar-refractivity contribution is 5.80. The summed E-state index contributed by atoms with van der Waals surface area (Å²) >= 11 is 0. The van der Waals surface area contributed by atoms with E-state index in [2.05, 4.69) is 19.2 Å². The number of rotatable bonds is 69. The standard InChI is InChI=1S/C72H145NO5/c1-3-5-7-9-11-13-15-17-19-21-23-25-27-29-31-33-35-36-38-39-41-43-45-47-49-51-53-55-57-59-61-63-65-69(75)71(77)68(67-74)73-72(78)70(76)66-64-62-60-58-56-54-52-50-48-46-44-42-40-37-34-32-30-28-26-24-22-20-18-16-14-12-10-8-6-4-2/h68-71,74-77H,3-67H2,1-2H3,(H,73,78). The minimum atomic E-state index is -1.26. The van der Waals surface area contributed by atoms with Crippen LogP contribution in [0.3, 0.4) is 0 Å². The van der Waals surface area contributed by atoms with Gasteiger partial charge in [-0.3, -0.25) is 4.79 Å². The summed E-state index contributed by atoms with van der Waals surface area (Å²) < 4.78 is 0. The first-order valence-corrected chi connectivity index (χ1v) is 36.4. The SMILES string of the molecule is CCCCCCCCCCCCCCCCCCCCCCCCCCCCCCCCCCC(O)C(O)C(CO)NC(=O)C(O)CCCCCCCCCCCCCCCCCCCCCCCCCCCCCCCC. The fourth-order valence-electron chi connectivity index (χ4n) is 12.2. The Balaban J connectivity index is 3.49. The van der Waals surface area contributed by atoms with Gasteiger partial charge in [0.15, 0.2) is 0 Å². The van der Waals surface area contributed by atoms with Crippen LogP contribution in [0.15, 0.2) is 0 Å². The molecule has 0 bridgehead atoms. The molecule has 0 aromatic heterocycles. The molecule has 0 aliphatic carbocycles. The van der Waals surface area contributed by atoms with Gasteiger partial charge in [0.1, 0.15) is 12.2 Å². The van der Waals surface area contributed by atoms with Crippen LogP contribution < -0.4 is 5.32 Å². The number of nitrogens with one attached hydrogen (secondary N) is 1. The number of amides is 1. The molecule has 0 spiro atoms. The number of hydrogen-bond donors (Lipinski definition) is 5. The maximum atomic E-state index is 12.7. The Bertz CT molecular complexity index is 1100. The van der Waals surface area contributed by atoms with Crippen molar-refractivity contribution in [3.05, 3.63) is 0 Å². The Labute approximate surface area is 490 Å². The predicted molar refractivity (Wildman–Crippen MR) is 344 cm³/mol. The van der Waals surface area contributed by atoms with Crippen LogP contribution in [0.1, 0.15) is 425 Å². The molecular weight excluding hydrogens is 959 g/mol. The van der Waals surface area contributed by atoms with Gasteiger partial charge in [-0.1, -0.05) is 412 Å². The molecule has 0 heterocycles. The molecule has 5 N–H and O–H groups in total. The van der Waals surface area contributed by atoms with Crippen molar-refractivity contribution >= 4 is 5.91 Å². The Hall–Kier alpha value is -0.690. The van der Waals surface area contributed by atoms with Crippen LogP contribution in [0.25, 0.3) is 0 Å². The minimum absolute atomic E-state index is 0.377. The molecule has 4 unspecified atom stereocenters. The second kappa shape index (κ2) is 67.1. The zero-order valence-electron chi connectivity index (χ0n) is 53.5. The third-order valence-electron chi connectivity index (χ3n) is 17.8. The van der Waals surface area contributed by atoms with Crippen molar-refractivity contribution in [2.45, 2.75) is 449 Å². The van der Waals surface area contributed by atoms with Gasteiger partial charge in [-0.05, 0) is 12.8 Å². The zero-order chi connectivity index (χ0) is 56.6. The van der Waals surface area contributed by atoms with E-state index in [4.69, 9.17) is 0 Å². The second-order valence-corrected chi connectivity index (χ2v) is 25.7. The molecule has 0 fully saturated rings. The third kappa shape index (κ3) is 59.9. The van der Waals surface area contributed by atoms with E-state index in [1.165, 1.54) is 360 Å². The summed E-state index contributed by atoms with van der Waals surface area (Å²) in [4.78, 5) is 12.7. The highest BCUT2D eigenvalue weighted by atomic mass is 16.3. The topological polar surface area (TPSA) is 110 Å². The molecule has 0 aliphatic rings. The summed E-state index contributed by atoms with van der Waals surface area (Å²) in [5, 5.41) is 44.3. The Kier molecular flexibility index (Phi) is 66.5. The molecule has 0 aromatic rings. The van der Waals surface area contributed by atoms with E-state index in [0.717, 1.165) is 38.5 Å². The molecule has 0 aromatic carbocycles. The molecule has 6 heteroatoms. The lowest BCUT2D eigenvalue weighted by molar-refractivity contribution is -0.132. The lowest BCUT2D eigenvalue weighted by atomic mass is 9.99. The van der Waals surface area contributed by atoms with E-state index >= 15 is 0 Å². The highest BCUT2D eigenvalue weighted by Gasteiger charge is 2.28. The number of aliphatic hydroxyl groups is 4. The number of carbonyl (C=O) groups is 1. The maximum absolute atomic E-state index is 12.7. The normalized spacial score (nSPS) is 13.4. The van der Waals surface area contributed by atoms with E-state index in [9.17, 15) is 25.2 Å². The van der Waals surface area contributed by atoms with Crippen LogP contribution in [0.2, 0.25) is 0 Å². The van der Waals surface area contributed by atoms with Gasteiger partial charge >= 0.3 is 0 Å². The van der Waals surface area contributed by atoms with Crippen molar-refractivity contribution < 1.29 is 25.2 Å². The molecule has 1 amide bonds. The first-order chi connectivity index (χ1) is 38.5. The van der Waals surface area contributed by atoms with Crippen molar-refractivity contribution in [3.8, 4) is 0 Å². The van der Waals surface area contributed by atoms with Gasteiger partial charge in [0.05, 0.1) is 18.8 Å². The molecule has 4 atom stereocenters. The van der Waals surface area contributed by atoms with E-state index in [0.29, 0.717) is 12.8 Å². The average molecular weight is 1100 g/mol. The molecular formula is C72H145NO5. The van der Waals surface area contributed by atoms with Crippen molar-refractivity contribution in [1.82, 2.24) is 5.32 Å². The number of carbonyl (C=O) groups excluding carboxylic acids is 1. The lowest BCUT2D eigenvalue weighted by Crippen LogP contribution is -2.53. The van der Waals surface area contributed by atoms with Crippen LogP contribution in [0.5, 0.6) is 0 Å². The van der Waals surface area contributed by atoms with Gasteiger partial charge in [-0.25, -0.2) is 0 Å². The van der Waals surface area contributed by atoms with E-state index in [1.54, 1.807) is 0 Å². The predicted octanol–water partition coefficient (Wildman–Crippen LogP) is 22.6. The first kappa shape index (κ1) is 77.3. The van der Waals surface area contributed by atoms with Gasteiger partial charge in [0, 0.05) is 0 Å². The van der Waals surface area contributed by atoms with Gasteiger partial charge in [-0.15, -0.1) is 0 Å². The molecule has 0 radical (unpaired) electrons. The molecule has 0 aliphatic heterocycles. The summed E-state index contributed by atoms with van der Waals surface area (Å²) in [5.41, 5.74) is 0. The molecule has 0 saturated carbocycles. The quantitative estimate of drug-likeness (QED) is 0.0390. The molecule has 468 valence electrons. The van der Waals surface area contributed by atoms with Crippen LogP contribution in [0, 0.1) is 0 Å². The van der Waals surface area contributed by atoms with Crippen molar-refractivity contribution in [2.75, 3.05) is 6.61 Å². The monoisotopic (exact) mass is 1100 g/mol. The van der Waals surface area contributed by atoms with Crippen molar-refractivity contribution in [3.63, 3.8) is 0 Å². The third-order valence-corrected chi connectivity index (χ3v) is 17.8. The summed E-state index contributed by atoms with van der Waals surface area (Å²) in [6, 6.07) is -0.983. The number of unbranched alkanes of at least 4 members (excludes halogenated alkanes) is 60. The molecule has 78 heavy (non-hydrogen) atoms. The van der Waals surface area contributed by atoms with E-state index < -0.39 is 36.9 Å². The highest BCUT2D eigenvalue weighted by Crippen LogP contribution is 2.21. The molecule has 0 saturated heterocycles. The molecule has 0 rings (SSSR count). The Morgan fingerprint density at radius 2 is 0.436 bits per heavy atom. The van der Waals surface area contributed by atoms with E-state index in [-0.39, 0.29) is 0 Å². The van der Waals surface area contributed by atoms with Gasteiger partial charge < -0.3 is 25.7 Å². The number of aliphatic hydroxyl groups excluding tert-OH is 4. The van der Waals surface area contributed by atoms with E-state index in [1.807, 2.05) is 0 Å². The van der Waals surface area contributed by atoms with Crippen LogP contribution in [0.4, 0.5) is 0 Å². The van der Waals surface area contributed by atoms with Crippen molar-refractivity contribution in [2.24, 2.45) is 0 Å². The molecule has 6 nitrogen and oxygen atoms in total. The van der Waals surface area contributed by atoms with Crippen LogP contribution in [-0.4, -0.2) is 57.3 Å². The zero-order valence-corrected chi connectivity index (χ0v) is 53.5. The summed E-state index contributed by atoms with van der Waals surface area (Å²) in [5.74, 6) is -0.572. The number of hydrogen-bond acceptors (Lipinski definition) is 5. The maximum Gasteiger partial charge on any atom is 0.249 e. The minimum Gasteiger partial charge on any atom is -0.394 e. The Morgan fingerprint density at radius 3 is 0.615 bits per heavy atom. The first-order valence-electron chi connectivity index (χ1n) is 36.4. The fraction of sp³-hybridized carbons (Fsp3) is 0.986. The lowest BCUT2D eigenvalue weighted by Gasteiger charge is -2.27. The van der Waals surface area contributed by atoms with Crippen LogP contribution in [-0.2, 0) is 4.79 Å². The van der Waals surface area contributed by atoms with Gasteiger partial charge in [0.2, 0.25) is 5.91 Å². The van der Waals surface area contributed by atoms with Gasteiger partial charge in [-0.2, -0.15) is 0 Å². The fourth-order valence-corrected chi connectivity index (χ4v) is 12.2.